The molecule has 15 heavy (non-hydrogen) atoms. The monoisotopic (exact) mass is 208 g/mol. The van der Waals surface area contributed by atoms with E-state index in [0.29, 0.717) is 5.69 Å². The molecule has 0 aromatic heterocycles. The minimum atomic E-state index is -0.378. The zero-order valence-corrected chi connectivity index (χ0v) is 9.20. The van der Waals surface area contributed by atoms with Crippen molar-refractivity contribution in [3.05, 3.63) is 23.8 Å². The summed E-state index contributed by atoms with van der Waals surface area (Å²) in [5, 5.41) is 3.01. The van der Waals surface area contributed by atoms with Crippen molar-refractivity contribution in [3.8, 4) is 0 Å². The standard InChI is InChI=1S/C11H16N2O2/c1-7-4-5-9(6-10(7)12)13-8(2)11(14)15-3/h4-6,8,13H,12H2,1-3H3. The third-order valence-electron chi connectivity index (χ3n) is 2.22. The number of hydrogen-bond donors (Lipinski definition) is 2. The number of methoxy groups -OCH3 is 1. The third-order valence-corrected chi connectivity index (χ3v) is 2.22. The van der Waals surface area contributed by atoms with Crippen LogP contribution in [0.4, 0.5) is 11.4 Å². The first-order valence-electron chi connectivity index (χ1n) is 4.75. The van der Waals surface area contributed by atoms with E-state index in [0.717, 1.165) is 11.3 Å². The minimum absolute atomic E-state index is 0.297. The normalized spacial score (nSPS) is 11.9. The number of aryl methyl sites for hydroxylation is 1. The number of benzene rings is 1. The molecular weight excluding hydrogens is 192 g/mol. The van der Waals surface area contributed by atoms with Gasteiger partial charge in [0.2, 0.25) is 0 Å². The molecule has 0 bridgehead atoms. The van der Waals surface area contributed by atoms with Gasteiger partial charge < -0.3 is 15.8 Å². The molecule has 1 unspecified atom stereocenters. The van der Waals surface area contributed by atoms with Crippen molar-refractivity contribution >= 4 is 17.3 Å². The molecule has 0 heterocycles. The number of carbonyl (C=O) groups excluding carboxylic acids is 1. The summed E-state index contributed by atoms with van der Waals surface area (Å²) in [5.41, 5.74) is 8.29. The Morgan fingerprint density at radius 2 is 2.20 bits per heavy atom. The van der Waals surface area contributed by atoms with Crippen molar-refractivity contribution in [1.82, 2.24) is 0 Å². The summed E-state index contributed by atoms with van der Waals surface area (Å²) in [6, 6.07) is 5.21. The van der Waals surface area contributed by atoms with Gasteiger partial charge in [-0.15, -0.1) is 0 Å². The molecule has 1 aromatic carbocycles. The van der Waals surface area contributed by atoms with E-state index in [1.165, 1.54) is 7.11 Å². The highest BCUT2D eigenvalue weighted by Gasteiger charge is 2.12. The molecule has 4 heteroatoms. The molecule has 0 aliphatic rings. The molecule has 3 N–H and O–H groups in total. The van der Waals surface area contributed by atoms with Crippen LogP contribution in [0.25, 0.3) is 0 Å². The lowest BCUT2D eigenvalue weighted by molar-refractivity contribution is -0.141. The van der Waals surface area contributed by atoms with Crippen LogP contribution in [-0.2, 0) is 9.53 Å². The fourth-order valence-electron chi connectivity index (χ4n) is 1.22. The number of nitrogen functional groups attached to an aromatic ring is 1. The lowest BCUT2D eigenvalue weighted by atomic mass is 10.2. The van der Waals surface area contributed by atoms with Crippen LogP contribution in [-0.4, -0.2) is 19.1 Å². The molecule has 1 aromatic rings. The number of hydrogen-bond acceptors (Lipinski definition) is 4. The number of nitrogens with one attached hydrogen (secondary N) is 1. The molecule has 0 saturated heterocycles. The predicted octanol–water partition coefficient (Wildman–Crippen LogP) is 1.55. The second-order valence-corrected chi connectivity index (χ2v) is 3.46. The number of anilines is 2. The fraction of sp³-hybridized carbons (Fsp3) is 0.364. The van der Waals surface area contributed by atoms with E-state index in [4.69, 9.17) is 5.73 Å². The van der Waals surface area contributed by atoms with Gasteiger partial charge in [-0.25, -0.2) is 4.79 Å². The topological polar surface area (TPSA) is 64.3 Å². The molecule has 4 nitrogen and oxygen atoms in total. The quantitative estimate of drug-likeness (QED) is 0.584. The van der Waals surface area contributed by atoms with E-state index < -0.39 is 0 Å². The van der Waals surface area contributed by atoms with E-state index in [1.54, 1.807) is 13.0 Å². The van der Waals surface area contributed by atoms with Gasteiger partial charge in [0.05, 0.1) is 7.11 Å². The molecule has 0 fully saturated rings. The largest absolute Gasteiger partial charge is 0.467 e. The molecule has 0 aliphatic heterocycles. The second-order valence-electron chi connectivity index (χ2n) is 3.46. The second kappa shape index (κ2) is 4.68. The molecule has 0 radical (unpaired) electrons. The van der Waals surface area contributed by atoms with E-state index in [-0.39, 0.29) is 12.0 Å². The van der Waals surface area contributed by atoms with Crippen molar-refractivity contribution in [3.63, 3.8) is 0 Å². The number of nitrogens with two attached hydrogens (primary N) is 1. The van der Waals surface area contributed by atoms with Gasteiger partial charge in [-0.3, -0.25) is 0 Å². The van der Waals surface area contributed by atoms with Crippen LogP contribution >= 0.6 is 0 Å². The van der Waals surface area contributed by atoms with Crippen molar-refractivity contribution in [2.24, 2.45) is 0 Å². The molecule has 1 atom stereocenters. The molecule has 82 valence electrons. The summed E-state index contributed by atoms with van der Waals surface area (Å²) in [5.74, 6) is -0.297. The van der Waals surface area contributed by atoms with Crippen LogP contribution in [0.5, 0.6) is 0 Å². The maximum atomic E-state index is 11.2. The van der Waals surface area contributed by atoms with Crippen LogP contribution < -0.4 is 11.1 Å². The Hall–Kier alpha value is -1.71. The van der Waals surface area contributed by atoms with Gasteiger partial charge in [-0.2, -0.15) is 0 Å². The molecule has 0 spiro atoms. The summed E-state index contributed by atoms with van der Waals surface area (Å²) in [7, 11) is 1.37. The third kappa shape index (κ3) is 2.87. The average Bonchev–Trinajstić information content (AvgIpc) is 2.22. The summed E-state index contributed by atoms with van der Waals surface area (Å²) in [6.45, 7) is 3.67. The Bertz CT molecular complexity index is 364. The SMILES string of the molecule is COC(=O)C(C)Nc1ccc(C)c(N)c1. The Morgan fingerprint density at radius 1 is 1.53 bits per heavy atom. The number of ether oxygens (including phenoxy) is 1. The van der Waals surface area contributed by atoms with Crippen molar-refractivity contribution in [1.29, 1.82) is 0 Å². The average molecular weight is 208 g/mol. The van der Waals surface area contributed by atoms with Crippen molar-refractivity contribution in [2.45, 2.75) is 19.9 Å². The number of esters is 1. The maximum Gasteiger partial charge on any atom is 0.327 e. The van der Waals surface area contributed by atoms with Gasteiger partial charge in [0.25, 0.3) is 0 Å². The first-order valence-corrected chi connectivity index (χ1v) is 4.75. The van der Waals surface area contributed by atoms with Crippen LogP contribution in [0.2, 0.25) is 0 Å². The zero-order chi connectivity index (χ0) is 11.4. The van der Waals surface area contributed by atoms with Gasteiger partial charge in [-0.05, 0) is 31.5 Å². The van der Waals surface area contributed by atoms with Crippen LogP contribution in [0, 0.1) is 6.92 Å². The predicted molar refractivity (Wildman–Crippen MR) is 60.7 cm³/mol. The van der Waals surface area contributed by atoms with E-state index in [9.17, 15) is 4.79 Å². The summed E-state index contributed by atoms with van der Waals surface area (Å²) >= 11 is 0. The number of carbonyl (C=O) groups is 1. The lowest BCUT2D eigenvalue weighted by Crippen LogP contribution is -2.27. The fourth-order valence-corrected chi connectivity index (χ4v) is 1.22. The van der Waals surface area contributed by atoms with Gasteiger partial charge in [-0.1, -0.05) is 6.07 Å². The van der Waals surface area contributed by atoms with Gasteiger partial charge >= 0.3 is 5.97 Å². The first-order chi connectivity index (χ1) is 7.04. The highest BCUT2D eigenvalue weighted by Crippen LogP contribution is 2.17. The van der Waals surface area contributed by atoms with E-state index >= 15 is 0 Å². The highest BCUT2D eigenvalue weighted by atomic mass is 16.5. The Labute approximate surface area is 89.4 Å². The van der Waals surface area contributed by atoms with Gasteiger partial charge in [0, 0.05) is 11.4 Å². The van der Waals surface area contributed by atoms with Crippen LogP contribution in [0.3, 0.4) is 0 Å². The summed E-state index contributed by atoms with van der Waals surface area (Å²) in [6.07, 6.45) is 0. The van der Waals surface area contributed by atoms with E-state index in [1.807, 2.05) is 19.1 Å². The highest BCUT2D eigenvalue weighted by molar-refractivity contribution is 5.79. The molecule has 0 aliphatic carbocycles. The Kier molecular flexibility index (Phi) is 3.55. The van der Waals surface area contributed by atoms with Crippen LogP contribution in [0.15, 0.2) is 18.2 Å². The zero-order valence-electron chi connectivity index (χ0n) is 9.20. The number of rotatable bonds is 3. The van der Waals surface area contributed by atoms with Gasteiger partial charge in [0.15, 0.2) is 0 Å². The smallest absolute Gasteiger partial charge is 0.327 e. The molecular formula is C11H16N2O2. The molecule has 0 saturated carbocycles. The maximum absolute atomic E-state index is 11.2. The Balaban J connectivity index is 2.73. The van der Waals surface area contributed by atoms with Crippen molar-refractivity contribution < 1.29 is 9.53 Å². The first kappa shape index (κ1) is 11.4. The molecule has 0 amide bonds. The Morgan fingerprint density at radius 3 is 2.73 bits per heavy atom. The van der Waals surface area contributed by atoms with Crippen LogP contribution in [0.1, 0.15) is 12.5 Å². The lowest BCUT2D eigenvalue weighted by Gasteiger charge is -2.13. The minimum Gasteiger partial charge on any atom is -0.467 e. The summed E-state index contributed by atoms with van der Waals surface area (Å²) < 4.78 is 4.61. The molecule has 1 rings (SSSR count). The van der Waals surface area contributed by atoms with Crippen molar-refractivity contribution in [2.75, 3.05) is 18.2 Å². The van der Waals surface area contributed by atoms with Gasteiger partial charge in [0.1, 0.15) is 6.04 Å². The summed E-state index contributed by atoms with van der Waals surface area (Å²) in [4.78, 5) is 11.2. The van der Waals surface area contributed by atoms with E-state index in [2.05, 4.69) is 10.1 Å².